The number of benzene rings is 1. The Labute approximate surface area is 101 Å². The molecular formula is C14H18FNO. The molecule has 17 heavy (non-hydrogen) atoms. The van der Waals surface area contributed by atoms with E-state index >= 15 is 0 Å². The molecular weight excluding hydrogens is 217 g/mol. The highest BCUT2D eigenvalue weighted by atomic mass is 19.1. The molecule has 2 atom stereocenters. The Morgan fingerprint density at radius 3 is 2.82 bits per heavy atom. The molecule has 0 heterocycles. The lowest BCUT2D eigenvalue weighted by atomic mass is 9.81. The highest BCUT2D eigenvalue weighted by Gasteiger charge is 2.27. The van der Waals surface area contributed by atoms with Gasteiger partial charge in [0.15, 0.2) is 0 Å². The maximum atomic E-state index is 13.0. The monoisotopic (exact) mass is 235 g/mol. The lowest BCUT2D eigenvalue weighted by molar-refractivity contribution is -0.123. The molecule has 0 aromatic heterocycles. The van der Waals surface area contributed by atoms with Crippen molar-refractivity contribution in [1.29, 1.82) is 0 Å². The standard InChI is InChI=1S/C14H18FNO/c15-11-5-3-4-10(8-11)9-14(17)12-6-1-2-7-13(12)16/h3-5,8,12-13H,1-2,6-7,9,16H2. The van der Waals surface area contributed by atoms with E-state index in [0.717, 1.165) is 31.2 Å². The Bertz CT molecular complexity index is 405. The van der Waals surface area contributed by atoms with Crippen LogP contribution in [-0.2, 0) is 11.2 Å². The SMILES string of the molecule is NC1CCCCC1C(=O)Cc1cccc(F)c1. The minimum absolute atomic E-state index is 0.00944. The second-order valence-corrected chi connectivity index (χ2v) is 4.83. The Kier molecular flexibility index (Phi) is 3.89. The first-order valence-corrected chi connectivity index (χ1v) is 6.19. The molecule has 2 rings (SSSR count). The van der Waals surface area contributed by atoms with Gasteiger partial charge in [-0.2, -0.15) is 0 Å². The summed E-state index contributed by atoms with van der Waals surface area (Å²) in [5.74, 6) is -0.168. The number of hydrogen-bond acceptors (Lipinski definition) is 2. The zero-order chi connectivity index (χ0) is 12.3. The van der Waals surface area contributed by atoms with E-state index in [2.05, 4.69) is 0 Å². The molecule has 0 radical (unpaired) electrons. The topological polar surface area (TPSA) is 43.1 Å². The number of rotatable bonds is 3. The van der Waals surface area contributed by atoms with Crippen molar-refractivity contribution in [2.24, 2.45) is 11.7 Å². The Morgan fingerprint density at radius 1 is 1.35 bits per heavy atom. The molecule has 92 valence electrons. The van der Waals surface area contributed by atoms with Crippen LogP contribution in [0.5, 0.6) is 0 Å². The first-order chi connectivity index (χ1) is 8.16. The molecule has 0 saturated heterocycles. The average Bonchev–Trinajstić information content (AvgIpc) is 2.29. The number of carbonyl (C=O) groups excluding carboxylic acids is 1. The molecule has 3 heteroatoms. The molecule has 2 unspecified atom stereocenters. The van der Waals surface area contributed by atoms with Crippen LogP contribution >= 0.6 is 0 Å². The van der Waals surface area contributed by atoms with Crippen molar-refractivity contribution in [2.75, 3.05) is 0 Å². The molecule has 0 amide bonds. The van der Waals surface area contributed by atoms with Crippen LogP contribution in [0, 0.1) is 11.7 Å². The Morgan fingerprint density at radius 2 is 2.12 bits per heavy atom. The maximum absolute atomic E-state index is 13.0. The van der Waals surface area contributed by atoms with Crippen LogP contribution in [0.3, 0.4) is 0 Å². The van der Waals surface area contributed by atoms with Gasteiger partial charge in [0.2, 0.25) is 0 Å². The van der Waals surface area contributed by atoms with Crippen LogP contribution in [0.4, 0.5) is 4.39 Å². The van der Waals surface area contributed by atoms with Crippen molar-refractivity contribution in [1.82, 2.24) is 0 Å². The number of carbonyl (C=O) groups is 1. The highest BCUT2D eigenvalue weighted by molar-refractivity contribution is 5.84. The third-order valence-corrected chi connectivity index (χ3v) is 3.50. The van der Waals surface area contributed by atoms with Gasteiger partial charge in [0, 0.05) is 18.4 Å². The van der Waals surface area contributed by atoms with E-state index in [-0.39, 0.29) is 23.6 Å². The van der Waals surface area contributed by atoms with E-state index in [1.807, 2.05) is 0 Å². The van der Waals surface area contributed by atoms with Crippen molar-refractivity contribution in [3.63, 3.8) is 0 Å². The summed E-state index contributed by atoms with van der Waals surface area (Å²) < 4.78 is 13.0. The molecule has 1 aliphatic rings. The minimum atomic E-state index is -0.289. The molecule has 2 N–H and O–H groups in total. The first kappa shape index (κ1) is 12.2. The first-order valence-electron chi connectivity index (χ1n) is 6.19. The van der Waals surface area contributed by atoms with Crippen LogP contribution in [0.25, 0.3) is 0 Å². The van der Waals surface area contributed by atoms with E-state index in [0.29, 0.717) is 6.42 Å². The molecule has 1 saturated carbocycles. The number of Topliss-reactive ketones (excluding diaryl/α,β-unsaturated/α-hetero) is 1. The second kappa shape index (κ2) is 5.41. The molecule has 1 fully saturated rings. The summed E-state index contributed by atoms with van der Waals surface area (Å²) in [4.78, 5) is 12.1. The van der Waals surface area contributed by atoms with Crippen LogP contribution in [0.15, 0.2) is 24.3 Å². The van der Waals surface area contributed by atoms with E-state index in [1.165, 1.54) is 12.1 Å². The van der Waals surface area contributed by atoms with Gasteiger partial charge >= 0.3 is 0 Å². The van der Waals surface area contributed by atoms with Gasteiger partial charge in [-0.25, -0.2) is 4.39 Å². The summed E-state index contributed by atoms with van der Waals surface area (Å²) >= 11 is 0. The van der Waals surface area contributed by atoms with Crippen molar-refractivity contribution >= 4 is 5.78 Å². The normalized spacial score (nSPS) is 24.6. The lowest BCUT2D eigenvalue weighted by Gasteiger charge is -2.27. The summed E-state index contributed by atoms with van der Waals surface area (Å²) in [7, 11) is 0. The van der Waals surface area contributed by atoms with E-state index < -0.39 is 0 Å². The fraction of sp³-hybridized carbons (Fsp3) is 0.500. The van der Waals surface area contributed by atoms with Crippen molar-refractivity contribution < 1.29 is 9.18 Å². The number of halogens is 1. The molecule has 0 aliphatic heterocycles. The zero-order valence-electron chi connectivity index (χ0n) is 9.86. The number of nitrogens with two attached hydrogens (primary N) is 1. The molecule has 0 bridgehead atoms. The van der Waals surface area contributed by atoms with Crippen LogP contribution in [0.1, 0.15) is 31.2 Å². The summed E-state index contributed by atoms with van der Waals surface area (Å²) in [6.45, 7) is 0. The fourth-order valence-corrected chi connectivity index (χ4v) is 2.54. The Hall–Kier alpha value is -1.22. The predicted octanol–water partition coefficient (Wildman–Crippen LogP) is 2.45. The van der Waals surface area contributed by atoms with Gasteiger partial charge in [-0.3, -0.25) is 4.79 Å². The highest BCUT2D eigenvalue weighted by Crippen LogP contribution is 2.24. The zero-order valence-corrected chi connectivity index (χ0v) is 9.86. The average molecular weight is 235 g/mol. The minimum Gasteiger partial charge on any atom is -0.327 e. The van der Waals surface area contributed by atoms with Crippen LogP contribution < -0.4 is 5.73 Å². The number of hydrogen-bond donors (Lipinski definition) is 1. The van der Waals surface area contributed by atoms with E-state index in [1.54, 1.807) is 12.1 Å². The van der Waals surface area contributed by atoms with Gasteiger partial charge < -0.3 is 5.73 Å². The third-order valence-electron chi connectivity index (χ3n) is 3.50. The van der Waals surface area contributed by atoms with E-state index in [4.69, 9.17) is 5.73 Å². The quantitative estimate of drug-likeness (QED) is 0.874. The molecule has 1 aliphatic carbocycles. The van der Waals surface area contributed by atoms with Gasteiger partial charge in [0.1, 0.15) is 11.6 Å². The predicted molar refractivity (Wildman–Crippen MR) is 65.0 cm³/mol. The van der Waals surface area contributed by atoms with Gasteiger partial charge in [-0.1, -0.05) is 25.0 Å². The number of ketones is 1. The fourth-order valence-electron chi connectivity index (χ4n) is 2.54. The summed E-state index contributed by atoms with van der Waals surface area (Å²) in [5, 5.41) is 0. The second-order valence-electron chi connectivity index (χ2n) is 4.83. The van der Waals surface area contributed by atoms with Crippen LogP contribution in [-0.4, -0.2) is 11.8 Å². The van der Waals surface area contributed by atoms with E-state index in [9.17, 15) is 9.18 Å². The summed E-state index contributed by atoms with van der Waals surface area (Å²) in [6.07, 6.45) is 4.31. The van der Waals surface area contributed by atoms with Crippen molar-refractivity contribution in [2.45, 2.75) is 38.1 Å². The van der Waals surface area contributed by atoms with Crippen molar-refractivity contribution in [3.05, 3.63) is 35.6 Å². The summed E-state index contributed by atoms with van der Waals surface area (Å²) in [5.41, 5.74) is 6.71. The molecule has 2 nitrogen and oxygen atoms in total. The largest absolute Gasteiger partial charge is 0.327 e. The summed E-state index contributed by atoms with van der Waals surface area (Å²) in [6, 6.07) is 6.23. The molecule has 0 spiro atoms. The third kappa shape index (κ3) is 3.13. The van der Waals surface area contributed by atoms with Gasteiger partial charge in [0.05, 0.1) is 0 Å². The molecule has 1 aromatic rings. The van der Waals surface area contributed by atoms with Crippen LogP contribution in [0.2, 0.25) is 0 Å². The lowest BCUT2D eigenvalue weighted by Crippen LogP contribution is -2.38. The maximum Gasteiger partial charge on any atom is 0.141 e. The van der Waals surface area contributed by atoms with Gasteiger partial charge in [-0.15, -0.1) is 0 Å². The van der Waals surface area contributed by atoms with Gasteiger partial charge in [0.25, 0.3) is 0 Å². The Balaban J connectivity index is 2.01. The molecule has 1 aromatic carbocycles. The van der Waals surface area contributed by atoms with Gasteiger partial charge in [-0.05, 0) is 30.5 Å². The smallest absolute Gasteiger partial charge is 0.141 e. The van der Waals surface area contributed by atoms with Crippen molar-refractivity contribution in [3.8, 4) is 0 Å².